The zero-order chi connectivity index (χ0) is 11.8. The first-order chi connectivity index (χ1) is 8.27. The molecule has 1 aromatic heterocycles. The SMILES string of the molecule is O=C(O)C1CCCN1c1snc2ccccc12. The summed E-state index contributed by atoms with van der Waals surface area (Å²) in [6.45, 7) is 0.809. The summed E-state index contributed by atoms with van der Waals surface area (Å²) in [5, 5.41) is 11.2. The van der Waals surface area contributed by atoms with Crippen molar-refractivity contribution < 1.29 is 9.90 Å². The Kier molecular flexibility index (Phi) is 2.48. The highest BCUT2D eigenvalue weighted by Gasteiger charge is 2.32. The summed E-state index contributed by atoms with van der Waals surface area (Å²) >= 11 is 1.39. The summed E-state index contributed by atoms with van der Waals surface area (Å²) in [7, 11) is 0. The van der Waals surface area contributed by atoms with E-state index in [0.717, 1.165) is 35.3 Å². The Labute approximate surface area is 103 Å². The summed E-state index contributed by atoms with van der Waals surface area (Å²) in [4.78, 5) is 13.2. The topological polar surface area (TPSA) is 53.4 Å². The summed E-state index contributed by atoms with van der Waals surface area (Å²) in [5.74, 6) is -0.736. The van der Waals surface area contributed by atoms with E-state index in [4.69, 9.17) is 0 Å². The highest BCUT2D eigenvalue weighted by atomic mass is 32.1. The third kappa shape index (κ3) is 1.67. The van der Waals surface area contributed by atoms with E-state index in [1.54, 1.807) is 0 Å². The van der Waals surface area contributed by atoms with Gasteiger partial charge in [-0.25, -0.2) is 4.79 Å². The van der Waals surface area contributed by atoms with Gasteiger partial charge < -0.3 is 10.0 Å². The lowest BCUT2D eigenvalue weighted by molar-refractivity contribution is -0.138. The third-order valence-electron chi connectivity index (χ3n) is 3.16. The number of aliphatic carboxylic acids is 1. The number of aromatic nitrogens is 1. The van der Waals surface area contributed by atoms with Crippen LogP contribution in [0.4, 0.5) is 5.00 Å². The molecule has 1 unspecified atom stereocenters. The highest BCUT2D eigenvalue weighted by Crippen LogP contribution is 2.35. The molecule has 2 aromatic rings. The van der Waals surface area contributed by atoms with Crippen LogP contribution >= 0.6 is 11.5 Å². The predicted octanol–water partition coefficient (Wildman–Crippen LogP) is 2.35. The van der Waals surface area contributed by atoms with E-state index >= 15 is 0 Å². The van der Waals surface area contributed by atoms with Crippen LogP contribution in [0.5, 0.6) is 0 Å². The summed E-state index contributed by atoms with van der Waals surface area (Å²) in [6, 6.07) is 7.49. The number of carboxylic acids is 1. The van der Waals surface area contributed by atoms with Crippen molar-refractivity contribution in [3.05, 3.63) is 24.3 Å². The van der Waals surface area contributed by atoms with Gasteiger partial charge >= 0.3 is 5.97 Å². The summed E-state index contributed by atoms with van der Waals surface area (Å²) in [5.41, 5.74) is 0.948. The van der Waals surface area contributed by atoms with Crippen molar-refractivity contribution in [3.63, 3.8) is 0 Å². The minimum atomic E-state index is -0.736. The van der Waals surface area contributed by atoms with Crippen LogP contribution in [0.25, 0.3) is 10.9 Å². The van der Waals surface area contributed by atoms with Gasteiger partial charge in [-0.3, -0.25) is 0 Å². The minimum absolute atomic E-state index is 0.390. The van der Waals surface area contributed by atoms with E-state index in [-0.39, 0.29) is 6.04 Å². The molecule has 0 radical (unpaired) electrons. The monoisotopic (exact) mass is 248 g/mol. The third-order valence-corrected chi connectivity index (χ3v) is 4.08. The first kappa shape index (κ1) is 10.5. The Morgan fingerprint density at radius 3 is 3.12 bits per heavy atom. The molecule has 2 heterocycles. The Morgan fingerprint density at radius 2 is 2.29 bits per heavy atom. The van der Waals surface area contributed by atoms with Gasteiger partial charge in [-0.2, -0.15) is 4.37 Å². The molecule has 0 aliphatic carbocycles. The molecule has 1 saturated heterocycles. The molecule has 1 aromatic carbocycles. The average Bonchev–Trinajstić information content (AvgIpc) is 2.94. The Morgan fingerprint density at radius 1 is 1.47 bits per heavy atom. The second kappa shape index (κ2) is 4.00. The summed E-state index contributed by atoms with van der Waals surface area (Å²) in [6.07, 6.45) is 1.66. The van der Waals surface area contributed by atoms with Crippen LogP contribution in [0.2, 0.25) is 0 Å². The van der Waals surface area contributed by atoms with Crippen LogP contribution in [-0.4, -0.2) is 28.0 Å². The van der Waals surface area contributed by atoms with Gasteiger partial charge in [0.2, 0.25) is 0 Å². The van der Waals surface area contributed by atoms with Gasteiger partial charge in [-0.15, -0.1) is 0 Å². The standard InChI is InChI=1S/C12H12N2O2S/c15-12(16)10-6-3-7-14(10)11-8-4-1-2-5-9(8)13-17-11/h1-2,4-5,10H,3,6-7H2,(H,15,16). The molecule has 1 aliphatic rings. The van der Waals surface area contributed by atoms with Crippen LogP contribution in [0.1, 0.15) is 12.8 Å². The van der Waals surface area contributed by atoms with E-state index in [0.29, 0.717) is 0 Å². The number of nitrogens with zero attached hydrogens (tertiary/aromatic N) is 2. The Bertz CT molecular complexity index is 566. The van der Waals surface area contributed by atoms with E-state index in [1.165, 1.54) is 11.5 Å². The number of fused-ring (bicyclic) bond motifs is 1. The predicted molar refractivity (Wildman–Crippen MR) is 67.6 cm³/mol. The number of benzene rings is 1. The zero-order valence-electron chi connectivity index (χ0n) is 9.17. The van der Waals surface area contributed by atoms with Gasteiger partial charge in [0.1, 0.15) is 11.0 Å². The molecule has 1 atom stereocenters. The van der Waals surface area contributed by atoms with Gasteiger partial charge in [-0.1, -0.05) is 12.1 Å². The van der Waals surface area contributed by atoms with Gasteiger partial charge in [0, 0.05) is 11.9 Å². The van der Waals surface area contributed by atoms with Crippen LogP contribution in [-0.2, 0) is 4.79 Å². The van der Waals surface area contributed by atoms with Gasteiger partial charge in [0.05, 0.1) is 5.52 Å². The summed E-state index contributed by atoms with van der Waals surface area (Å²) < 4.78 is 4.36. The Hall–Kier alpha value is -1.62. The van der Waals surface area contributed by atoms with Gasteiger partial charge in [-0.05, 0) is 36.5 Å². The average molecular weight is 248 g/mol. The van der Waals surface area contributed by atoms with E-state index in [9.17, 15) is 9.90 Å². The molecular formula is C12H12N2O2S. The smallest absolute Gasteiger partial charge is 0.326 e. The van der Waals surface area contributed by atoms with Gasteiger partial charge in [0.15, 0.2) is 0 Å². The van der Waals surface area contributed by atoms with Crippen molar-refractivity contribution in [2.24, 2.45) is 0 Å². The largest absolute Gasteiger partial charge is 0.480 e. The lowest BCUT2D eigenvalue weighted by atomic mass is 10.2. The molecule has 3 rings (SSSR count). The van der Waals surface area contributed by atoms with Crippen molar-refractivity contribution >= 4 is 33.4 Å². The number of anilines is 1. The number of hydrogen-bond acceptors (Lipinski definition) is 4. The molecule has 0 amide bonds. The lowest BCUT2D eigenvalue weighted by Gasteiger charge is -2.21. The lowest BCUT2D eigenvalue weighted by Crippen LogP contribution is -2.35. The molecule has 88 valence electrons. The van der Waals surface area contributed by atoms with Crippen LogP contribution in [0.3, 0.4) is 0 Å². The maximum absolute atomic E-state index is 11.2. The fourth-order valence-corrected chi connectivity index (χ4v) is 3.29. The molecule has 0 bridgehead atoms. The number of hydrogen-bond donors (Lipinski definition) is 1. The van der Waals surface area contributed by atoms with Crippen LogP contribution in [0.15, 0.2) is 24.3 Å². The molecule has 0 spiro atoms. The quantitative estimate of drug-likeness (QED) is 0.886. The van der Waals surface area contributed by atoms with Crippen molar-refractivity contribution in [1.82, 2.24) is 4.37 Å². The van der Waals surface area contributed by atoms with E-state index in [2.05, 4.69) is 4.37 Å². The van der Waals surface area contributed by atoms with E-state index < -0.39 is 5.97 Å². The second-order valence-electron chi connectivity index (χ2n) is 4.19. The molecule has 4 nitrogen and oxygen atoms in total. The van der Waals surface area contributed by atoms with Crippen molar-refractivity contribution in [2.75, 3.05) is 11.4 Å². The van der Waals surface area contributed by atoms with Crippen molar-refractivity contribution in [2.45, 2.75) is 18.9 Å². The fraction of sp³-hybridized carbons (Fsp3) is 0.333. The molecular weight excluding hydrogens is 236 g/mol. The highest BCUT2D eigenvalue weighted by molar-refractivity contribution is 7.11. The molecule has 5 heteroatoms. The first-order valence-electron chi connectivity index (χ1n) is 5.61. The van der Waals surface area contributed by atoms with E-state index in [1.807, 2.05) is 29.2 Å². The number of carboxylic acid groups (broad SMARTS) is 1. The van der Waals surface area contributed by atoms with Crippen molar-refractivity contribution in [3.8, 4) is 0 Å². The molecule has 17 heavy (non-hydrogen) atoms. The molecule has 1 fully saturated rings. The second-order valence-corrected chi connectivity index (χ2v) is 4.95. The number of carbonyl (C=O) groups is 1. The fourth-order valence-electron chi connectivity index (χ4n) is 2.35. The molecule has 1 aliphatic heterocycles. The Balaban J connectivity index is 2.06. The normalized spacial score (nSPS) is 20.0. The van der Waals surface area contributed by atoms with Crippen LogP contribution < -0.4 is 4.90 Å². The first-order valence-corrected chi connectivity index (χ1v) is 6.38. The van der Waals surface area contributed by atoms with Crippen molar-refractivity contribution in [1.29, 1.82) is 0 Å². The zero-order valence-corrected chi connectivity index (χ0v) is 9.98. The maximum atomic E-state index is 11.2. The molecule has 1 N–H and O–H groups in total. The number of rotatable bonds is 2. The minimum Gasteiger partial charge on any atom is -0.480 e. The van der Waals surface area contributed by atoms with Gasteiger partial charge in [0.25, 0.3) is 0 Å². The molecule has 0 saturated carbocycles. The maximum Gasteiger partial charge on any atom is 0.326 e. The van der Waals surface area contributed by atoms with Crippen LogP contribution in [0, 0.1) is 0 Å².